The van der Waals surface area contributed by atoms with E-state index in [0.29, 0.717) is 17.9 Å². The van der Waals surface area contributed by atoms with Gasteiger partial charge in [0.15, 0.2) is 0 Å². The van der Waals surface area contributed by atoms with Gasteiger partial charge in [-0.25, -0.2) is 0 Å². The molecule has 0 aliphatic carbocycles. The maximum Gasteiger partial charge on any atom is 0.245 e. The minimum Gasteiger partial charge on any atom is -0.391 e. The van der Waals surface area contributed by atoms with Gasteiger partial charge in [-0.15, -0.1) is 0 Å². The highest BCUT2D eigenvalue weighted by Crippen LogP contribution is 2.12. The first-order chi connectivity index (χ1) is 40.3. The Bertz CT molecular complexity index is 2360. The molecule has 0 aromatic heterocycles. The second-order valence-corrected chi connectivity index (χ2v) is 21.7. The van der Waals surface area contributed by atoms with Crippen LogP contribution in [-0.2, 0) is 59.2 Å². The number of carbonyl (C=O) groups is 11. The molecule has 1 aliphatic rings. The minimum atomic E-state index is -1.72. The van der Waals surface area contributed by atoms with Crippen LogP contribution in [0, 0.1) is 11.8 Å². The molecule has 2 rings (SSSR count). The summed E-state index contributed by atoms with van der Waals surface area (Å²) in [4.78, 5) is 154. The summed E-state index contributed by atoms with van der Waals surface area (Å²) >= 11 is 0. The van der Waals surface area contributed by atoms with E-state index in [2.05, 4.69) is 72.3 Å². The zero-order valence-electron chi connectivity index (χ0n) is 49.9. The minimum absolute atomic E-state index is 0.0434. The van der Waals surface area contributed by atoms with E-state index in [9.17, 15) is 63.0 Å². The molecule has 11 amide bonds. The Morgan fingerprint density at radius 3 is 1.59 bits per heavy atom. The van der Waals surface area contributed by atoms with Crippen LogP contribution in [0.5, 0.6) is 0 Å². The molecule has 1 aromatic carbocycles. The zero-order chi connectivity index (χ0) is 63.8. The average molecular weight is 1200 g/mol. The molecule has 85 heavy (non-hydrogen) atoms. The van der Waals surface area contributed by atoms with Crippen molar-refractivity contribution in [3.63, 3.8) is 0 Å². The van der Waals surface area contributed by atoms with Gasteiger partial charge in [0.05, 0.1) is 12.2 Å². The molecule has 13 atom stereocenters. The maximum absolute atomic E-state index is 14.5. The number of hydrogen-bond acceptors (Lipinski definition) is 18. The Morgan fingerprint density at radius 2 is 1.08 bits per heavy atom. The van der Waals surface area contributed by atoms with Crippen LogP contribution in [0.25, 0.3) is 0 Å². The first kappa shape index (κ1) is 74.0. The molecular formula is C56H96N16O13. The number of carbonyl (C=O) groups excluding carboxylic acids is 11. The van der Waals surface area contributed by atoms with Crippen molar-refractivity contribution in [1.82, 2.24) is 58.5 Å². The normalized spacial score (nSPS) is 23.0. The predicted octanol–water partition coefficient (Wildman–Crippen LogP) is -5.47. The van der Waals surface area contributed by atoms with Gasteiger partial charge in [-0.05, 0) is 128 Å². The Labute approximate surface area is 497 Å². The summed E-state index contributed by atoms with van der Waals surface area (Å²) in [5.41, 5.74) is 29.9. The quantitative estimate of drug-likeness (QED) is 0.0348. The SMILES string of the molecule is CC[C@@H](C)CC/C=C/C(=O)N[C@@H](CCN)C(=O)N[C@H](C(=O)N[C@@H](CCN)C(=O)N[C@H]1CCNC(=O)[C@H]([C@H](C)O)NC(=O)[C@H](CCN)NC(=O)[C@H](CCN)NC(=O)[C@H](CC(C)C)NC(=O)[C@@H](Cc2ccccc2)NC(=O)[C@H](CCN)NC1=O)[C@H](C)O. The summed E-state index contributed by atoms with van der Waals surface area (Å²) in [5.74, 6) is -9.76. The van der Waals surface area contributed by atoms with E-state index in [0.717, 1.165) is 12.8 Å². The lowest BCUT2D eigenvalue weighted by atomic mass is 10.00. The molecule has 23 N–H and O–H groups in total. The van der Waals surface area contributed by atoms with E-state index in [1.165, 1.54) is 19.9 Å². The topological polar surface area (TPSA) is 491 Å². The highest BCUT2D eigenvalue weighted by atomic mass is 16.3. The predicted molar refractivity (Wildman–Crippen MR) is 316 cm³/mol. The fourth-order valence-corrected chi connectivity index (χ4v) is 8.87. The molecule has 478 valence electrons. The zero-order valence-corrected chi connectivity index (χ0v) is 49.9. The van der Waals surface area contributed by atoms with Crippen molar-refractivity contribution in [3.05, 3.63) is 48.0 Å². The first-order valence-electron chi connectivity index (χ1n) is 29.2. The summed E-state index contributed by atoms with van der Waals surface area (Å²) in [6.07, 6.45) is 0.819. The van der Waals surface area contributed by atoms with E-state index in [-0.39, 0.29) is 83.6 Å². The number of hydrogen-bond donors (Lipinski definition) is 18. The van der Waals surface area contributed by atoms with Gasteiger partial charge in [0.1, 0.15) is 60.4 Å². The van der Waals surface area contributed by atoms with Crippen LogP contribution >= 0.6 is 0 Å². The smallest absolute Gasteiger partial charge is 0.245 e. The van der Waals surface area contributed by atoms with E-state index < -0.39 is 151 Å². The third kappa shape index (κ3) is 26.8. The molecule has 29 heteroatoms. The van der Waals surface area contributed by atoms with E-state index in [1.54, 1.807) is 50.3 Å². The standard InChI is InChI=1S/C56H96N16O13/c1-7-32(4)13-11-12-16-44(75)63-36(17-23-57)51(80)72-46(34(6)74)56(85)68-39(20-26-60)48(77)67-41-22-28-62-55(84)45(33(5)73)71-52(81)40(21-27-61)65-47(76)37(18-24-58)66-53(82)42(29-31(2)3)69-54(83)43(30-35-14-9-8-10-15-35)70-49(78)38(19-25-59)64-50(41)79/h8-10,12,14-16,31-34,36-43,45-46,73-74H,7,11,13,17-30,57-61H2,1-6H3,(H,62,84)(H,63,75)(H,64,79)(H,65,76)(H,66,82)(H,67,77)(H,68,85)(H,69,83)(H,70,78)(H,71,81)(H,72,80)/b16-12+/t32-,33+,34+,36+,37+,38+,39+,40+,41+,42+,43-,45+,46+/m1/s1. The van der Waals surface area contributed by atoms with Gasteiger partial charge in [-0.1, -0.05) is 70.5 Å². The highest BCUT2D eigenvalue weighted by molar-refractivity contribution is 5.99. The molecule has 1 aliphatic heterocycles. The van der Waals surface area contributed by atoms with Gasteiger partial charge in [0, 0.05) is 13.0 Å². The van der Waals surface area contributed by atoms with E-state index in [1.807, 2.05) is 0 Å². The largest absolute Gasteiger partial charge is 0.391 e. The molecule has 1 heterocycles. The van der Waals surface area contributed by atoms with Crippen LogP contribution < -0.4 is 87.2 Å². The molecule has 1 fully saturated rings. The summed E-state index contributed by atoms with van der Waals surface area (Å²) in [7, 11) is 0. The van der Waals surface area contributed by atoms with Crippen LogP contribution in [0.15, 0.2) is 42.5 Å². The van der Waals surface area contributed by atoms with Gasteiger partial charge in [-0.2, -0.15) is 0 Å². The first-order valence-corrected chi connectivity index (χ1v) is 29.2. The van der Waals surface area contributed by atoms with E-state index >= 15 is 0 Å². The van der Waals surface area contributed by atoms with Crippen molar-refractivity contribution in [1.29, 1.82) is 0 Å². The van der Waals surface area contributed by atoms with Crippen LogP contribution in [0.1, 0.15) is 111 Å². The summed E-state index contributed by atoms with van der Waals surface area (Å²) < 4.78 is 0. The Hall–Kier alpha value is -7.15. The number of allylic oxidation sites excluding steroid dienone is 1. The number of aliphatic hydroxyl groups excluding tert-OH is 2. The van der Waals surface area contributed by atoms with Gasteiger partial charge in [0.2, 0.25) is 65.0 Å². The van der Waals surface area contributed by atoms with Crippen LogP contribution in [0.2, 0.25) is 0 Å². The molecule has 0 bridgehead atoms. The molecule has 0 saturated carbocycles. The Balaban J connectivity index is 2.69. The molecule has 0 radical (unpaired) electrons. The fraction of sp³-hybridized carbons (Fsp3) is 0.661. The average Bonchev–Trinajstić information content (AvgIpc) is 3.67. The highest BCUT2D eigenvalue weighted by Gasteiger charge is 2.37. The molecule has 0 spiro atoms. The third-order valence-electron chi connectivity index (χ3n) is 14.0. The Kier molecular flexibility index (Phi) is 34.3. The van der Waals surface area contributed by atoms with Gasteiger partial charge < -0.3 is 97.4 Å². The van der Waals surface area contributed by atoms with Crippen molar-refractivity contribution >= 4 is 65.0 Å². The summed E-state index contributed by atoms with van der Waals surface area (Å²) in [6, 6.07) is -6.34. The number of nitrogens with one attached hydrogen (secondary N) is 11. The number of benzene rings is 1. The lowest BCUT2D eigenvalue weighted by molar-refractivity contribution is -0.137. The van der Waals surface area contributed by atoms with Gasteiger partial charge >= 0.3 is 0 Å². The monoisotopic (exact) mass is 1200 g/mol. The van der Waals surface area contributed by atoms with Crippen LogP contribution in [0.3, 0.4) is 0 Å². The lowest BCUT2D eigenvalue weighted by Crippen LogP contribution is -2.62. The number of aliphatic hydroxyl groups is 2. The lowest BCUT2D eigenvalue weighted by Gasteiger charge is -2.29. The van der Waals surface area contributed by atoms with Gasteiger partial charge in [0.25, 0.3) is 0 Å². The van der Waals surface area contributed by atoms with E-state index in [4.69, 9.17) is 28.7 Å². The van der Waals surface area contributed by atoms with Crippen molar-refractivity contribution in [2.75, 3.05) is 39.3 Å². The maximum atomic E-state index is 14.5. The van der Waals surface area contributed by atoms with Crippen molar-refractivity contribution < 1.29 is 63.0 Å². The van der Waals surface area contributed by atoms with Crippen LogP contribution in [0.4, 0.5) is 0 Å². The third-order valence-corrected chi connectivity index (χ3v) is 14.0. The summed E-state index contributed by atoms with van der Waals surface area (Å²) in [5, 5.41) is 49.5. The molecule has 29 nitrogen and oxygen atoms in total. The summed E-state index contributed by atoms with van der Waals surface area (Å²) in [6.45, 7) is 8.89. The van der Waals surface area contributed by atoms with Crippen molar-refractivity contribution in [3.8, 4) is 0 Å². The number of nitrogens with two attached hydrogens (primary N) is 5. The molecule has 1 aromatic rings. The molecular weight excluding hydrogens is 1100 g/mol. The van der Waals surface area contributed by atoms with Crippen LogP contribution in [-0.4, -0.2) is 187 Å². The fourth-order valence-electron chi connectivity index (χ4n) is 8.87. The number of amides is 11. The Morgan fingerprint density at radius 1 is 0.588 bits per heavy atom. The second kappa shape index (κ2) is 39.5. The van der Waals surface area contributed by atoms with Gasteiger partial charge in [-0.3, -0.25) is 52.7 Å². The van der Waals surface area contributed by atoms with Crippen molar-refractivity contribution in [2.45, 2.75) is 185 Å². The second-order valence-electron chi connectivity index (χ2n) is 21.7. The van der Waals surface area contributed by atoms with Crippen molar-refractivity contribution in [2.24, 2.45) is 40.5 Å². The number of rotatable bonds is 28. The molecule has 1 saturated heterocycles. The molecule has 0 unspecified atom stereocenters.